The van der Waals surface area contributed by atoms with E-state index >= 15 is 0 Å². The average molecular weight is 360 g/mol. The third kappa shape index (κ3) is 3.61. The van der Waals surface area contributed by atoms with Gasteiger partial charge in [-0.3, -0.25) is 19.9 Å². The summed E-state index contributed by atoms with van der Waals surface area (Å²) in [5.41, 5.74) is 0.963. The molecule has 0 spiro atoms. The van der Waals surface area contributed by atoms with E-state index in [9.17, 15) is 20.0 Å². The van der Waals surface area contributed by atoms with Gasteiger partial charge in [-0.2, -0.15) is 0 Å². The minimum atomic E-state index is -0.710. The van der Waals surface area contributed by atoms with Crippen LogP contribution in [-0.2, 0) is 4.79 Å². The van der Waals surface area contributed by atoms with E-state index in [2.05, 4.69) is 4.99 Å². The number of halogens is 1. The summed E-state index contributed by atoms with van der Waals surface area (Å²) in [7, 11) is 0. The first-order valence-electron chi connectivity index (χ1n) is 7.57. The topological polar surface area (TPSA) is 96.0 Å². The van der Waals surface area contributed by atoms with Crippen molar-refractivity contribution in [1.29, 1.82) is 0 Å². The zero-order chi connectivity index (χ0) is 18.0. The molecule has 2 aromatic rings. The lowest BCUT2D eigenvalue weighted by atomic mass is 10.2. The smallest absolute Gasteiger partial charge is 0.312 e. The molecule has 0 radical (unpaired) electrons. The largest absolute Gasteiger partial charge is 0.502 e. The molecular formula is C17H14ClN3O4. The van der Waals surface area contributed by atoms with Crippen LogP contribution in [0.4, 0.5) is 17.1 Å². The van der Waals surface area contributed by atoms with Crippen LogP contribution in [0.15, 0.2) is 41.4 Å². The zero-order valence-electron chi connectivity index (χ0n) is 13.1. The van der Waals surface area contributed by atoms with Gasteiger partial charge in [0.2, 0.25) is 11.7 Å². The number of nitro benzene ring substituents is 1. The quantitative estimate of drug-likeness (QED) is 0.509. The van der Waals surface area contributed by atoms with Crippen LogP contribution < -0.4 is 4.90 Å². The van der Waals surface area contributed by atoms with Crippen LogP contribution in [-0.4, -0.2) is 28.7 Å². The predicted octanol–water partition coefficient (Wildman–Crippen LogP) is 3.83. The number of phenols is 1. The highest BCUT2D eigenvalue weighted by Crippen LogP contribution is 2.33. The Morgan fingerprint density at radius 2 is 2.12 bits per heavy atom. The first-order chi connectivity index (χ1) is 12.0. The average Bonchev–Trinajstić information content (AvgIpc) is 3.01. The molecule has 1 saturated heterocycles. The first-order valence-corrected chi connectivity index (χ1v) is 7.95. The van der Waals surface area contributed by atoms with E-state index in [0.717, 1.165) is 18.2 Å². The van der Waals surface area contributed by atoms with Crippen molar-refractivity contribution >= 4 is 40.8 Å². The number of rotatable bonds is 4. The fraction of sp³-hybridized carbons (Fsp3) is 0.176. The lowest BCUT2D eigenvalue weighted by Crippen LogP contribution is -2.23. The maximum atomic E-state index is 11.8. The molecule has 3 rings (SSSR count). The van der Waals surface area contributed by atoms with Gasteiger partial charge in [0.1, 0.15) is 0 Å². The third-order valence-electron chi connectivity index (χ3n) is 3.85. The summed E-state index contributed by atoms with van der Waals surface area (Å²) in [5, 5.41) is 21.0. The van der Waals surface area contributed by atoms with Crippen molar-refractivity contribution in [2.24, 2.45) is 4.99 Å². The van der Waals surface area contributed by atoms with Crippen LogP contribution in [0.2, 0.25) is 5.02 Å². The van der Waals surface area contributed by atoms with Crippen molar-refractivity contribution in [3.05, 3.63) is 57.1 Å². The minimum Gasteiger partial charge on any atom is -0.502 e. The minimum absolute atomic E-state index is 0.0734. The van der Waals surface area contributed by atoms with Crippen molar-refractivity contribution in [2.75, 3.05) is 11.4 Å². The molecule has 1 heterocycles. The summed E-state index contributed by atoms with van der Waals surface area (Å²) in [6.45, 7) is 0.674. The van der Waals surface area contributed by atoms with Crippen LogP contribution in [0, 0.1) is 10.1 Å². The second-order valence-corrected chi connectivity index (χ2v) is 5.98. The Balaban J connectivity index is 1.90. The molecule has 0 bridgehead atoms. The number of carbonyl (C=O) groups is 1. The number of hydrogen-bond acceptors (Lipinski definition) is 5. The van der Waals surface area contributed by atoms with Gasteiger partial charge in [0, 0.05) is 41.5 Å². The number of nitrogens with zero attached hydrogens (tertiary/aromatic N) is 3. The predicted molar refractivity (Wildman–Crippen MR) is 95.1 cm³/mol. The summed E-state index contributed by atoms with van der Waals surface area (Å²) in [6.07, 6.45) is 2.67. The molecule has 0 unspecified atom stereocenters. The molecule has 128 valence electrons. The number of aromatic hydroxyl groups is 1. The Kier molecular flexibility index (Phi) is 4.67. The van der Waals surface area contributed by atoms with Crippen LogP contribution in [0.3, 0.4) is 0 Å². The van der Waals surface area contributed by atoms with E-state index in [1.807, 2.05) is 6.07 Å². The van der Waals surface area contributed by atoms with Gasteiger partial charge in [-0.25, -0.2) is 0 Å². The summed E-state index contributed by atoms with van der Waals surface area (Å²) in [5.74, 6) is -0.423. The second-order valence-electron chi connectivity index (χ2n) is 5.55. The summed E-state index contributed by atoms with van der Waals surface area (Å²) < 4.78 is 0. The molecule has 25 heavy (non-hydrogen) atoms. The highest BCUT2D eigenvalue weighted by atomic mass is 35.5. The van der Waals surface area contributed by atoms with Crippen LogP contribution in [0.1, 0.15) is 18.4 Å². The maximum absolute atomic E-state index is 11.8. The lowest BCUT2D eigenvalue weighted by molar-refractivity contribution is -0.385. The number of aliphatic imine (C=N–C) groups is 1. The molecular weight excluding hydrogens is 346 g/mol. The van der Waals surface area contributed by atoms with Crippen molar-refractivity contribution in [2.45, 2.75) is 12.8 Å². The van der Waals surface area contributed by atoms with Crippen molar-refractivity contribution in [3.8, 4) is 5.75 Å². The molecule has 1 aliphatic heterocycles. The van der Waals surface area contributed by atoms with E-state index in [1.54, 1.807) is 23.1 Å². The van der Waals surface area contributed by atoms with Crippen molar-refractivity contribution in [1.82, 2.24) is 0 Å². The Hall–Kier alpha value is -2.93. The first kappa shape index (κ1) is 16.9. The molecule has 8 heteroatoms. The molecule has 1 aliphatic rings. The van der Waals surface area contributed by atoms with Crippen molar-refractivity contribution in [3.63, 3.8) is 0 Å². The zero-order valence-corrected chi connectivity index (χ0v) is 13.8. The van der Waals surface area contributed by atoms with Crippen molar-refractivity contribution < 1.29 is 14.8 Å². The van der Waals surface area contributed by atoms with E-state index in [4.69, 9.17) is 11.6 Å². The molecule has 1 amide bonds. The highest BCUT2D eigenvalue weighted by Gasteiger charge is 2.21. The Morgan fingerprint density at radius 1 is 1.32 bits per heavy atom. The van der Waals surface area contributed by atoms with Gasteiger partial charge in [-0.15, -0.1) is 0 Å². The molecule has 0 aromatic heterocycles. The lowest BCUT2D eigenvalue weighted by Gasteiger charge is -2.15. The molecule has 1 fully saturated rings. The number of carbonyl (C=O) groups excluding carboxylic acids is 1. The number of anilines is 1. The molecule has 0 atom stereocenters. The summed E-state index contributed by atoms with van der Waals surface area (Å²) in [4.78, 5) is 28.0. The molecule has 0 saturated carbocycles. The van der Waals surface area contributed by atoms with Gasteiger partial charge in [0.05, 0.1) is 10.6 Å². The maximum Gasteiger partial charge on any atom is 0.312 e. The van der Waals surface area contributed by atoms with Gasteiger partial charge >= 0.3 is 5.69 Å². The standard InChI is InChI=1S/C17H14ClN3O4/c18-12-7-11(17(23)15(8-12)21(24)25)10-19-13-3-1-4-14(9-13)20-6-2-5-16(20)22/h1,3-4,7-10,23H,2,5-6H2. The Morgan fingerprint density at radius 3 is 2.80 bits per heavy atom. The Bertz CT molecular complexity index is 882. The number of benzene rings is 2. The molecule has 0 aliphatic carbocycles. The van der Waals surface area contributed by atoms with Gasteiger partial charge in [-0.05, 0) is 30.7 Å². The van der Waals surface area contributed by atoms with Gasteiger partial charge in [0.25, 0.3) is 0 Å². The van der Waals surface area contributed by atoms with Gasteiger partial charge in [-0.1, -0.05) is 17.7 Å². The summed E-state index contributed by atoms with van der Waals surface area (Å²) in [6, 6.07) is 9.54. The molecule has 1 N–H and O–H groups in total. The summed E-state index contributed by atoms with van der Waals surface area (Å²) >= 11 is 5.85. The van der Waals surface area contributed by atoms with E-state index in [1.165, 1.54) is 12.3 Å². The van der Waals surface area contributed by atoms with Crippen LogP contribution in [0.25, 0.3) is 0 Å². The molecule has 7 nitrogen and oxygen atoms in total. The number of hydrogen-bond donors (Lipinski definition) is 1. The van der Waals surface area contributed by atoms with Gasteiger partial charge in [0.15, 0.2) is 0 Å². The normalized spacial score (nSPS) is 14.4. The SMILES string of the molecule is O=C1CCCN1c1cccc(N=Cc2cc(Cl)cc([N+](=O)[O-])c2O)c1. The van der Waals surface area contributed by atoms with Gasteiger partial charge < -0.3 is 10.0 Å². The highest BCUT2D eigenvalue weighted by molar-refractivity contribution is 6.31. The monoisotopic (exact) mass is 359 g/mol. The number of nitro groups is 1. The third-order valence-corrected chi connectivity index (χ3v) is 4.07. The Labute approximate surface area is 148 Å². The van der Waals surface area contributed by atoms with E-state index in [0.29, 0.717) is 18.7 Å². The van der Waals surface area contributed by atoms with E-state index in [-0.39, 0.29) is 16.5 Å². The van der Waals surface area contributed by atoms with Crippen LogP contribution in [0.5, 0.6) is 5.75 Å². The number of phenolic OH excluding ortho intramolecular Hbond substituents is 1. The fourth-order valence-electron chi connectivity index (χ4n) is 2.65. The fourth-order valence-corrected chi connectivity index (χ4v) is 2.87. The van der Waals surface area contributed by atoms with Crippen LogP contribution >= 0.6 is 11.6 Å². The second kappa shape index (κ2) is 6.90. The van der Waals surface area contributed by atoms with E-state index < -0.39 is 16.4 Å². The molecule has 2 aromatic carbocycles. The number of amides is 1.